The van der Waals surface area contributed by atoms with Crippen molar-refractivity contribution < 1.29 is 27.4 Å². The molecule has 2 N–H and O–H groups in total. The predicted molar refractivity (Wildman–Crippen MR) is 101 cm³/mol. The molecule has 0 unspecified atom stereocenters. The fraction of sp³-hybridized carbons (Fsp3) is 0.316. The normalized spacial score (nSPS) is 25.4. The highest BCUT2D eigenvalue weighted by Gasteiger charge is 2.74. The molecular weight excluding hydrogens is 406 g/mol. The summed E-state index contributed by atoms with van der Waals surface area (Å²) >= 11 is 5.86. The summed E-state index contributed by atoms with van der Waals surface area (Å²) in [7, 11) is -3.92. The minimum Gasteiger partial charge on any atom is -0.465 e. The number of nitrogens with two attached hydrogens (primary N) is 1. The average molecular weight is 424 g/mol. The van der Waals surface area contributed by atoms with E-state index in [9.17, 15) is 13.2 Å². The maximum atomic E-state index is 13.3. The first-order chi connectivity index (χ1) is 13.3. The maximum Gasteiger partial charge on any atom is 0.328 e. The Morgan fingerprint density at radius 2 is 1.89 bits per heavy atom. The van der Waals surface area contributed by atoms with Gasteiger partial charge < -0.3 is 19.9 Å². The third-order valence-electron chi connectivity index (χ3n) is 5.04. The van der Waals surface area contributed by atoms with Crippen molar-refractivity contribution in [3.8, 4) is 11.5 Å². The molecule has 1 aliphatic heterocycles. The summed E-state index contributed by atoms with van der Waals surface area (Å²) in [4.78, 5) is 12.6. The molecule has 1 heterocycles. The smallest absolute Gasteiger partial charge is 0.328 e. The Balaban J connectivity index is 1.77. The van der Waals surface area contributed by atoms with Gasteiger partial charge in [-0.1, -0.05) is 17.7 Å². The number of hydrogen-bond donors (Lipinski definition) is 1. The number of fused-ring (bicyclic) bond motifs is 1. The van der Waals surface area contributed by atoms with E-state index >= 15 is 0 Å². The van der Waals surface area contributed by atoms with Crippen molar-refractivity contribution >= 4 is 27.4 Å². The zero-order chi connectivity index (χ0) is 20.1. The molecule has 28 heavy (non-hydrogen) atoms. The summed E-state index contributed by atoms with van der Waals surface area (Å²) in [5, 5.41) is -0.757. The molecule has 0 spiro atoms. The summed E-state index contributed by atoms with van der Waals surface area (Å²) in [6.45, 7) is 1.82. The predicted octanol–water partition coefficient (Wildman–Crippen LogP) is 2.27. The lowest BCUT2D eigenvalue weighted by Crippen LogP contribution is -2.41. The molecule has 1 aliphatic carbocycles. The van der Waals surface area contributed by atoms with Crippen LogP contribution >= 0.6 is 11.6 Å². The van der Waals surface area contributed by atoms with Crippen LogP contribution in [-0.2, 0) is 19.4 Å². The SMILES string of the molecule is CCOC(=O)[C@@]1(N)[C@@H](c2ccc3c(c2)OCO3)[C@@H]1S(=O)(=O)c1ccc(Cl)cc1. The number of benzene rings is 2. The van der Waals surface area contributed by atoms with E-state index in [-0.39, 0.29) is 18.3 Å². The lowest BCUT2D eigenvalue weighted by atomic mass is 10.1. The second kappa shape index (κ2) is 6.65. The topological polar surface area (TPSA) is 105 Å². The Hall–Kier alpha value is -2.29. The molecule has 0 bridgehead atoms. The highest BCUT2D eigenvalue weighted by atomic mass is 35.5. The lowest BCUT2D eigenvalue weighted by molar-refractivity contribution is -0.145. The molecule has 0 aromatic heterocycles. The van der Waals surface area contributed by atoms with Crippen LogP contribution in [-0.4, -0.2) is 38.6 Å². The zero-order valence-electron chi connectivity index (χ0n) is 14.9. The van der Waals surface area contributed by atoms with Gasteiger partial charge >= 0.3 is 5.97 Å². The fourth-order valence-electron chi connectivity index (χ4n) is 3.64. The van der Waals surface area contributed by atoms with Crippen molar-refractivity contribution in [2.75, 3.05) is 13.4 Å². The van der Waals surface area contributed by atoms with E-state index in [0.717, 1.165) is 0 Å². The van der Waals surface area contributed by atoms with Crippen LogP contribution in [0.3, 0.4) is 0 Å². The minimum atomic E-state index is -3.92. The molecule has 1 saturated carbocycles. The molecule has 0 amide bonds. The van der Waals surface area contributed by atoms with E-state index in [1.807, 2.05) is 0 Å². The largest absolute Gasteiger partial charge is 0.465 e. The first kappa shape index (κ1) is 19.0. The molecule has 4 rings (SSSR count). The van der Waals surface area contributed by atoms with Crippen LogP contribution in [0.15, 0.2) is 47.4 Å². The van der Waals surface area contributed by atoms with Gasteiger partial charge in [0.1, 0.15) is 10.8 Å². The van der Waals surface area contributed by atoms with Crippen molar-refractivity contribution in [3.05, 3.63) is 53.1 Å². The second-order valence-electron chi connectivity index (χ2n) is 6.66. The van der Waals surface area contributed by atoms with Gasteiger partial charge in [0.25, 0.3) is 0 Å². The van der Waals surface area contributed by atoms with E-state index in [2.05, 4.69) is 0 Å². The molecule has 1 fully saturated rings. The Morgan fingerprint density at radius 3 is 2.57 bits per heavy atom. The first-order valence-electron chi connectivity index (χ1n) is 8.65. The third-order valence-corrected chi connectivity index (χ3v) is 7.55. The Morgan fingerprint density at radius 1 is 1.21 bits per heavy atom. The maximum absolute atomic E-state index is 13.3. The van der Waals surface area contributed by atoms with Crippen molar-refractivity contribution in [3.63, 3.8) is 0 Å². The first-order valence-corrected chi connectivity index (χ1v) is 10.6. The quantitative estimate of drug-likeness (QED) is 0.735. The average Bonchev–Trinajstić information content (AvgIpc) is 3.07. The zero-order valence-corrected chi connectivity index (χ0v) is 16.5. The van der Waals surface area contributed by atoms with Crippen LogP contribution in [0.5, 0.6) is 11.5 Å². The van der Waals surface area contributed by atoms with Gasteiger partial charge in [0.2, 0.25) is 6.79 Å². The monoisotopic (exact) mass is 423 g/mol. The van der Waals surface area contributed by atoms with Gasteiger partial charge in [-0.3, -0.25) is 0 Å². The van der Waals surface area contributed by atoms with Crippen LogP contribution in [0.25, 0.3) is 0 Å². The molecule has 0 saturated heterocycles. The van der Waals surface area contributed by atoms with Crippen LogP contribution in [0, 0.1) is 0 Å². The van der Waals surface area contributed by atoms with Gasteiger partial charge in [0, 0.05) is 10.9 Å². The molecule has 2 aromatic rings. The number of halogens is 1. The molecular formula is C19H18ClNO6S. The summed E-state index contributed by atoms with van der Waals surface area (Å²) in [6.07, 6.45) is 0. The number of rotatable bonds is 5. The van der Waals surface area contributed by atoms with Gasteiger partial charge in [0.15, 0.2) is 21.3 Å². The van der Waals surface area contributed by atoms with E-state index < -0.39 is 32.5 Å². The second-order valence-corrected chi connectivity index (χ2v) is 9.17. The van der Waals surface area contributed by atoms with Gasteiger partial charge in [-0.2, -0.15) is 0 Å². The number of carbonyl (C=O) groups is 1. The Bertz CT molecular complexity index is 1040. The van der Waals surface area contributed by atoms with Crippen LogP contribution in [0.1, 0.15) is 18.4 Å². The van der Waals surface area contributed by atoms with Gasteiger partial charge in [0.05, 0.1) is 11.5 Å². The van der Waals surface area contributed by atoms with E-state index in [1.165, 1.54) is 24.3 Å². The van der Waals surface area contributed by atoms with Crippen molar-refractivity contribution in [2.45, 2.75) is 28.5 Å². The molecule has 9 heteroatoms. The molecule has 7 nitrogen and oxygen atoms in total. The van der Waals surface area contributed by atoms with E-state index in [1.54, 1.807) is 25.1 Å². The van der Waals surface area contributed by atoms with Crippen LogP contribution in [0.4, 0.5) is 0 Å². The van der Waals surface area contributed by atoms with Gasteiger partial charge in [-0.25, -0.2) is 13.2 Å². The van der Waals surface area contributed by atoms with Crippen molar-refractivity contribution in [1.29, 1.82) is 0 Å². The molecule has 2 aliphatic rings. The van der Waals surface area contributed by atoms with Crippen molar-refractivity contribution in [2.24, 2.45) is 5.73 Å². The third kappa shape index (κ3) is 2.83. The van der Waals surface area contributed by atoms with Crippen molar-refractivity contribution in [1.82, 2.24) is 0 Å². The van der Waals surface area contributed by atoms with Gasteiger partial charge in [-0.15, -0.1) is 0 Å². The summed E-state index contributed by atoms with van der Waals surface area (Å²) in [5.74, 6) is -0.486. The number of hydrogen-bond acceptors (Lipinski definition) is 7. The fourth-order valence-corrected chi connectivity index (χ4v) is 5.99. The Kier molecular flexibility index (Phi) is 4.52. The van der Waals surface area contributed by atoms with E-state index in [4.69, 9.17) is 31.5 Å². The molecule has 148 valence electrons. The minimum absolute atomic E-state index is 0.0456. The number of esters is 1. The van der Waals surface area contributed by atoms with Crippen LogP contribution < -0.4 is 15.2 Å². The van der Waals surface area contributed by atoms with Crippen LogP contribution in [0.2, 0.25) is 5.02 Å². The summed E-state index contributed by atoms with van der Waals surface area (Å²) < 4.78 is 42.3. The number of ether oxygens (including phenoxy) is 3. The highest BCUT2D eigenvalue weighted by Crippen LogP contribution is 2.57. The Labute approximate surface area is 167 Å². The molecule has 3 atom stereocenters. The summed E-state index contributed by atoms with van der Waals surface area (Å²) in [5.41, 5.74) is 5.22. The highest BCUT2D eigenvalue weighted by molar-refractivity contribution is 7.92. The molecule has 0 radical (unpaired) electrons. The lowest BCUT2D eigenvalue weighted by Gasteiger charge is -2.11. The van der Waals surface area contributed by atoms with E-state index in [0.29, 0.717) is 22.1 Å². The van der Waals surface area contributed by atoms with Gasteiger partial charge in [-0.05, 0) is 48.9 Å². The summed E-state index contributed by atoms with van der Waals surface area (Å²) in [6, 6.07) is 10.8. The molecule has 2 aromatic carbocycles. The number of sulfone groups is 1. The number of carbonyl (C=O) groups excluding carboxylic acids is 1. The standard InChI is InChI=1S/C19H18ClNO6S/c1-2-25-18(22)19(21)16(11-3-8-14-15(9-11)27-10-26-14)17(19)28(23,24)13-6-4-12(20)5-7-13/h3-9,16-17H,2,10,21H2,1H3/t16-,17-,19+/m0/s1.